The van der Waals surface area contributed by atoms with E-state index in [0.29, 0.717) is 12.8 Å². The average Bonchev–Trinajstić information content (AvgIpc) is 3.04. The zero-order chi connectivity index (χ0) is 21.2. The highest BCUT2D eigenvalue weighted by Crippen LogP contribution is 2.26. The third-order valence-electron chi connectivity index (χ3n) is 5.37. The van der Waals surface area contributed by atoms with Crippen molar-refractivity contribution in [1.82, 2.24) is 4.90 Å². The number of carbonyl (C=O) groups excluding carboxylic acids is 2. The molecule has 156 valence electrons. The van der Waals surface area contributed by atoms with Crippen LogP contribution in [0.1, 0.15) is 37.0 Å². The van der Waals surface area contributed by atoms with E-state index in [-0.39, 0.29) is 28.9 Å². The number of nitrogens with zero attached hydrogens (tertiary/aromatic N) is 1. The van der Waals surface area contributed by atoms with Crippen molar-refractivity contribution < 1.29 is 27.9 Å². The van der Waals surface area contributed by atoms with Gasteiger partial charge in [0.2, 0.25) is 0 Å². The number of rotatable bonds is 6. The van der Waals surface area contributed by atoms with Crippen molar-refractivity contribution in [3.05, 3.63) is 42.0 Å². The highest BCUT2D eigenvalue weighted by molar-refractivity contribution is 7.91. The molecule has 0 bridgehead atoms. The molecule has 1 aliphatic rings. The van der Waals surface area contributed by atoms with Gasteiger partial charge in [-0.05, 0) is 42.7 Å². The van der Waals surface area contributed by atoms with Gasteiger partial charge in [0.05, 0.1) is 11.5 Å². The van der Waals surface area contributed by atoms with Gasteiger partial charge in [-0.25, -0.2) is 13.2 Å². The van der Waals surface area contributed by atoms with E-state index in [9.17, 15) is 23.1 Å². The van der Waals surface area contributed by atoms with Gasteiger partial charge in [-0.3, -0.25) is 4.79 Å². The number of phenolic OH excluding ortho intramolecular Hbond substituents is 1. The standard InChI is InChI=1S/C21H25NO6S/c1-3-14(2)22(17-8-9-29(26,27)13-17)20(24)12-28-21(25)18-10-15-6-4-5-7-16(15)11-19(18)23/h4-7,10-11,14,17,23H,3,8-9,12-13H2,1-2H3/t14-,17-/m0/s1. The molecule has 1 heterocycles. The van der Waals surface area contributed by atoms with Crippen LogP contribution in [0.2, 0.25) is 0 Å². The highest BCUT2D eigenvalue weighted by Gasteiger charge is 2.36. The van der Waals surface area contributed by atoms with Crippen molar-refractivity contribution in [3.8, 4) is 5.75 Å². The van der Waals surface area contributed by atoms with Gasteiger partial charge >= 0.3 is 5.97 Å². The highest BCUT2D eigenvalue weighted by atomic mass is 32.2. The Morgan fingerprint density at radius 1 is 1.24 bits per heavy atom. The molecular formula is C21H25NO6S. The number of ether oxygens (including phenoxy) is 1. The maximum absolute atomic E-state index is 12.8. The number of esters is 1. The number of hydrogen-bond acceptors (Lipinski definition) is 6. The first-order valence-corrected chi connectivity index (χ1v) is 11.4. The zero-order valence-electron chi connectivity index (χ0n) is 16.5. The molecule has 1 N–H and O–H groups in total. The van der Waals surface area contributed by atoms with Crippen LogP contribution in [0.4, 0.5) is 0 Å². The number of aromatic hydroxyl groups is 1. The van der Waals surface area contributed by atoms with Crippen LogP contribution in [0.5, 0.6) is 5.75 Å². The summed E-state index contributed by atoms with van der Waals surface area (Å²) in [6.07, 6.45) is 1.04. The number of hydrogen-bond donors (Lipinski definition) is 1. The second kappa shape index (κ2) is 8.41. The average molecular weight is 419 g/mol. The van der Waals surface area contributed by atoms with E-state index in [2.05, 4.69) is 0 Å². The van der Waals surface area contributed by atoms with E-state index in [4.69, 9.17) is 4.74 Å². The molecule has 0 spiro atoms. The summed E-state index contributed by atoms with van der Waals surface area (Å²) in [7, 11) is -3.15. The molecule has 1 aliphatic heterocycles. The lowest BCUT2D eigenvalue weighted by Gasteiger charge is -2.33. The molecule has 1 fully saturated rings. The number of carbonyl (C=O) groups is 2. The predicted octanol–water partition coefficient (Wildman–Crippen LogP) is 2.52. The normalized spacial score (nSPS) is 19.0. The number of amides is 1. The van der Waals surface area contributed by atoms with Crippen LogP contribution >= 0.6 is 0 Å². The van der Waals surface area contributed by atoms with E-state index in [1.807, 2.05) is 38.1 Å². The lowest BCUT2D eigenvalue weighted by Crippen LogP contribution is -2.48. The molecule has 0 aromatic heterocycles. The quantitative estimate of drug-likeness (QED) is 0.722. The van der Waals surface area contributed by atoms with Crippen LogP contribution < -0.4 is 0 Å². The molecule has 0 unspecified atom stereocenters. The molecule has 0 radical (unpaired) electrons. The number of fused-ring (bicyclic) bond motifs is 1. The van der Waals surface area contributed by atoms with Crippen molar-refractivity contribution in [2.24, 2.45) is 0 Å². The summed E-state index contributed by atoms with van der Waals surface area (Å²) >= 11 is 0. The van der Waals surface area contributed by atoms with Crippen LogP contribution in [0.25, 0.3) is 10.8 Å². The number of benzene rings is 2. The Bertz CT molecular complexity index is 1030. The van der Waals surface area contributed by atoms with Gasteiger partial charge in [-0.2, -0.15) is 0 Å². The molecule has 0 aliphatic carbocycles. The van der Waals surface area contributed by atoms with Crippen molar-refractivity contribution in [2.75, 3.05) is 18.1 Å². The molecule has 8 heteroatoms. The summed E-state index contributed by atoms with van der Waals surface area (Å²) in [5, 5.41) is 11.7. The van der Waals surface area contributed by atoms with Crippen LogP contribution in [-0.4, -0.2) is 60.5 Å². The minimum absolute atomic E-state index is 0.0185. The van der Waals surface area contributed by atoms with Gasteiger partial charge in [0.25, 0.3) is 5.91 Å². The van der Waals surface area contributed by atoms with Crippen molar-refractivity contribution in [2.45, 2.75) is 38.8 Å². The molecule has 2 atom stereocenters. The fourth-order valence-electron chi connectivity index (χ4n) is 3.67. The summed E-state index contributed by atoms with van der Waals surface area (Å²) in [4.78, 5) is 26.7. The van der Waals surface area contributed by atoms with E-state index in [1.165, 1.54) is 17.0 Å². The largest absolute Gasteiger partial charge is 0.507 e. The van der Waals surface area contributed by atoms with Gasteiger partial charge in [0.15, 0.2) is 16.4 Å². The van der Waals surface area contributed by atoms with E-state index in [0.717, 1.165) is 10.8 Å². The van der Waals surface area contributed by atoms with Gasteiger partial charge in [0.1, 0.15) is 11.3 Å². The summed E-state index contributed by atoms with van der Waals surface area (Å²) in [6.45, 7) is 3.25. The summed E-state index contributed by atoms with van der Waals surface area (Å²) in [5.41, 5.74) is -0.0185. The Morgan fingerprint density at radius 3 is 2.48 bits per heavy atom. The van der Waals surface area contributed by atoms with Gasteiger partial charge in [-0.15, -0.1) is 0 Å². The molecule has 7 nitrogen and oxygen atoms in total. The minimum atomic E-state index is -3.15. The Hall–Kier alpha value is -2.61. The third-order valence-corrected chi connectivity index (χ3v) is 7.12. The molecular weight excluding hydrogens is 394 g/mol. The SMILES string of the molecule is CC[C@H](C)N(C(=O)COC(=O)c1cc2ccccc2cc1O)[C@H]1CCS(=O)(=O)C1. The Kier molecular flexibility index (Phi) is 6.12. The van der Waals surface area contributed by atoms with E-state index >= 15 is 0 Å². The fraction of sp³-hybridized carbons (Fsp3) is 0.429. The van der Waals surface area contributed by atoms with Crippen molar-refractivity contribution in [1.29, 1.82) is 0 Å². The predicted molar refractivity (Wildman–Crippen MR) is 110 cm³/mol. The van der Waals surface area contributed by atoms with E-state index in [1.54, 1.807) is 0 Å². The van der Waals surface area contributed by atoms with Gasteiger partial charge in [-0.1, -0.05) is 31.2 Å². The van der Waals surface area contributed by atoms with Crippen LogP contribution in [0.3, 0.4) is 0 Å². The third kappa shape index (κ3) is 4.70. The molecule has 29 heavy (non-hydrogen) atoms. The van der Waals surface area contributed by atoms with Crippen molar-refractivity contribution >= 4 is 32.5 Å². The Labute approximate surface area is 170 Å². The van der Waals surface area contributed by atoms with Crippen LogP contribution in [0, 0.1) is 0 Å². The van der Waals surface area contributed by atoms with Gasteiger partial charge < -0.3 is 14.7 Å². The van der Waals surface area contributed by atoms with Crippen LogP contribution in [-0.2, 0) is 19.4 Å². The second-order valence-corrected chi connectivity index (χ2v) is 9.64. The van der Waals surface area contributed by atoms with Gasteiger partial charge in [0, 0.05) is 12.1 Å². The Morgan fingerprint density at radius 2 is 1.90 bits per heavy atom. The molecule has 1 amide bonds. The maximum atomic E-state index is 12.8. The summed E-state index contributed by atoms with van der Waals surface area (Å²) < 4.78 is 28.8. The molecule has 3 rings (SSSR count). The topological polar surface area (TPSA) is 101 Å². The van der Waals surface area contributed by atoms with Crippen molar-refractivity contribution in [3.63, 3.8) is 0 Å². The molecule has 2 aromatic rings. The lowest BCUT2D eigenvalue weighted by molar-refractivity contribution is -0.138. The van der Waals surface area contributed by atoms with Crippen LogP contribution in [0.15, 0.2) is 36.4 Å². The molecule has 0 saturated carbocycles. The fourth-order valence-corrected chi connectivity index (χ4v) is 5.38. The monoisotopic (exact) mass is 419 g/mol. The number of sulfone groups is 1. The maximum Gasteiger partial charge on any atom is 0.342 e. The summed E-state index contributed by atoms with van der Waals surface area (Å²) in [6, 6.07) is 9.68. The summed E-state index contributed by atoms with van der Waals surface area (Å²) in [5.74, 6) is -1.47. The zero-order valence-corrected chi connectivity index (χ0v) is 17.3. The minimum Gasteiger partial charge on any atom is -0.507 e. The smallest absolute Gasteiger partial charge is 0.342 e. The first kappa shape index (κ1) is 21.1. The Balaban J connectivity index is 1.72. The molecule has 1 saturated heterocycles. The lowest BCUT2D eigenvalue weighted by atomic mass is 10.1. The first-order valence-electron chi connectivity index (χ1n) is 9.62. The number of phenols is 1. The molecule has 2 aromatic carbocycles. The first-order chi connectivity index (χ1) is 13.7. The van der Waals surface area contributed by atoms with E-state index < -0.39 is 34.4 Å². The second-order valence-electron chi connectivity index (χ2n) is 7.41.